The smallest absolute Gasteiger partial charge is 0.0649 e. The number of hydrogen-bond donors (Lipinski definition) is 2. The van der Waals surface area contributed by atoms with Crippen LogP contribution in [-0.2, 0) is 4.74 Å². The molecule has 2 N–H and O–H groups in total. The largest absolute Gasteiger partial charge is 0.390 e. The van der Waals surface area contributed by atoms with E-state index in [0.29, 0.717) is 12.1 Å². The summed E-state index contributed by atoms with van der Waals surface area (Å²) in [4.78, 5) is 0. The topological polar surface area (TPSA) is 41.5 Å². The van der Waals surface area contributed by atoms with Gasteiger partial charge in [-0.3, -0.25) is 0 Å². The van der Waals surface area contributed by atoms with Gasteiger partial charge in [-0.25, -0.2) is 0 Å². The fourth-order valence-electron chi connectivity index (χ4n) is 3.22. The number of ether oxygens (including phenoxy) is 1. The second-order valence-corrected chi connectivity index (χ2v) is 5.81. The lowest BCUT2D eigenvalue weighted by Gasteiger charge is -2.36. The molecule has 0 amide bonds. The standard InChI is InChI=1S/C14H27NO2/c1-15-12-6-9-14(16,10-7-12)8-2-4-13-5-3-11-17-13/h12-13,15-16H,2-11H2,1H3. The molecule has 2 rings (SSSR count). The molecule has 1 unspecified atom stereocenters. The Hall–Kier alpha value is -0.120. The number of nitrogens with one attached hydrogen (secondary N) is 1. The van der Waals surface area contributed by atoms with E-state index in [4.69, 9.17) is 4.74 Å². The molecule has 2 aliphatic rings. The van der Waals surface area contributed by atoms with Gasteiger partial charge in [-0.1, -0.05) is 0 Å². The van der Waals surface area contributed by atoms with Crippen molar-refractivity contribution < 1.29 is 9.84 Å². The maximum Gasteiger partial charge on any atom is 0.0649 e. The molecule has 1 aliphatic heterocycles. The highest BCUT2D eigenvalue weighted by Crippen LogP contribution is 2.33. The van der Waals surface area contributed by atoms with Crippen LogP contribution in [-0.4, -0.2) is 36.5 Å². The van der Waals surface area contributed by atoms with Gasteiger partial charge >= 0.3 is 0 Å². The highest BCUT2D eigenvalue weighted by Gasteiger charge is 2.32. The Morgan fingerprint density at radius 1 is 1.29 bits per heavy atom. The molecule has 0 spiro atoms. The lowest BCUT2D eigenvalue weighted by molar-refractivity contribution is -0.0153. The lowest BCUT2D eigenvalue weighted by atomic mass is 9.79. The molecule has 0 aromatic heterocycles. The SMILES string of the molecule is CNC1CCC(O)(CCCC2CCCO2)CC1. The first-order valence-corrected chi connectivity index (χ1v) is 7.23. The van der Waals surface area contributed by atoms with E-state index in [2.05, 4.69) is 5.32 Å². The van der Waals surface area contributed by atoms with Crippen molar-refractivity contribution in [2.45, 2.75) is 75.5 Å². The molecule has 3 nitrogen and oxygen atoms in total. The first-order valence-electron chi connectivity index (χ1n) is 7.23. The molecule has 1 atom stereocenters. The van der Waals surface area contributed by atoms with Crippen LogP contribution >= 0.6 is 0 Å². The van der Waals surface area contributed by atoms with Crippen LogP contribution in [0.2, 0.25) is 0 Å². The monoisotopic (exact) mass is 241 g/mol. The van der Waals surface area contributed by atoms with Crippen LogP contribution < -0.4 is 5.32 Å². The van der Waals surface area contributed by atoms with E-state index in [-0.39, 0.29) is 5.60 Å². The molecular formula is C14H27NO2. The summed E-state index contributed by atoms with van der Waals surface area (Å²) in [5.74, 6) is 0. The molecule has 100 valence electrons. The van der Waals surface area contributed by atoms with Gasteiger partial charge in [0.1, 0.15) is 0 Å². The zero-order chi connectivity index (χ0) is 12.1. The van der Waals surface area contributed by atoms with E-state index in [1.54, 1.807) is 0 Å². The maximum atomic E-state index is 10.5. The molecule has 2 fully saturated rings. The fourth-order valence-corrected chi connectivity index (χ4v) is 3.22. The Labute approximate surface area is 105 Å². The zero-order valence-electron chi connectivity index (χ0n) is 11.1. The van der Waals surface area contributed by atoms with E-state index in [0.717, 1.165) is 51.6 Å². The molecule has 1 saturated heterocycles. The van der Waals surface area contributed by atoms with Crippen LogP contribution in [0.1, 0.15) is 57.8 Å². The molecule has 0 bridgehead atoms. The summed E-state index contributed by atoms with van der Waals surface area (Å²) in [5.41, 5.74) is -0.383. The van der Waals surface area contributed by atoms with Crippen LogP contribution in [0.5, 0.6) is 0 Å². The molecule has 1 aliphatic carbocycles. The Morgan fingerprint density at radius 2 is 2.06 bits per heavy atom. The van der Waals surface area contributed by atoms with Crippen molar-refractivity contribution in [3.63, 3.8) is 0 Å². The van der Waals surface area contributed by atoms with Gasteiger partial charge in [0.25, 0.3) is 0 Å². The first-order chi connectivity index (χ1) is 8.22. The summed E-state index contributed by atoms with van der Waals surface area (Å²) < 4.78 is 5.62. The average molecular weight is 241 g/mol. The van der Waals surface area contributed by atoms with Crippen LogP contribution in [0, 0.1) is 0 Å². The minimum atomic E-state index is -0.383. The van der Waals surface area contributed by atoms with E-state index in [1.807, 2.05) is 7.05 Å². The summed E-state index contributed by atoms with van der Waals surface area (Å²) >= 11 is 0. The molecule has 1 heterocycles. The van der Waals surface area contributed by atoms with Gasteiger partial charge in [0.05, 0.1) is 11.7 Å². The van der Waals surface area contributed by atoms with Gasteiger partial charge in [0.2, 0.25) is 0 Å². The van der Waals surface area contributed by atoms with Gasteiger partial charge in [0.15, 0.2) is 0 Å². The number of aliphatic hydroxyl groups is 1. The van der Waals surface area contributed by atoms with Crippen molar-refractivity contribution in [2.24, 2.45) is 0 Å². The Kier molecular flexibility index (Phi) is 4.83. The summed E-state index contributed by atoms with van der Waals surface area (Å²) in [6.45, 7) is 0.943. The second kappa shape index (κ2) is 6.17. The van der Waals surface area contributed by atoms with Gasteiger partial charge in [0, 0.05) is 12.6 Å². The normalized spacial score (nSPS) is 38.5. The average Bonchev–Trinajstić information content (AvgIpc) is 2.83. The van der Waals surface area contributed by atoms with E-state index >= 15 is 0 Å². The Balaban J connectivity index is 1.64. The van der Waals surface area contributed by atoms with Gasteiger partial charge < -0.3 is 15.2 Å². The van der Waals surface area contributed by atoms with Crippen LogP contribution in [0.15, 0.2) is 0 Å². The maximum absolute atomic E-state index is 10.5. The minimum absolute atomic E-state index is 0.383. The van der Waals surface area contributed by atoms with E-state index < -0.39 is 0 Å². The van der Waals surface area contributed by atoms with Gasteiger partial charge in [-0.15, -0.1) is 0 Å². The van der Waals surface area contributed by atoms with Crippen molar-refractivity contribution in [2.75, 3.05) is 13.7 Å². The second-order valence-electron chi connectivity index (χ2n) is 5.81. The number of hydrogen-bond acceptors (Lipinski definition) is 3. The Morgan fingerprint density at radius 3 is 2.65 bits per heavy atom. The zero-order valence-corrected chi connectivity index (χ0v) is 11.1. The fraction of sp³-hybridized carbons (Fsp3) is 1.00. The van der Waals surface area contributed by atoms with Crippen LogP contribution in [0.25, 0.3) is 0 Å². The van der Waals surface area contributed by atoms with Crippen molar-refractivity contribution in [1.29, 1.82) is 0 Å². The summed E-state index contributed by atoms with van der Waals surface area (Å²) in [5, 5.41) is 13.8. The summed E-state index contributed by atoms with van der Waals surface area (Å²) in [6, 6.07) is 0.619. The van der Waals surface area contributed by atoms with Crippen molar-refractivity contribution >= 4 is 0 Å². The predicted octanol–water partition coefficient (Wildman–Crippen LogP) is 2.23. The summed E-state index contributed by atoms with van der Waals surface area (Å²) in [6.07, 6.45) is 10.3. The van der Waals surface area contributed by atoms with Gasteiger partial charge in [-0.05, 0) is 64.8 Å². The molecule has 0 aromatic carbocycles. The highest BCUT2D eigenvalue weighted by atomic mass is 16.5. The van der Waals surface area contributed by atoms with E-state index in [9.17, 15) is 5.11 Å². The lowest BCUT2D eigenvalue weighted by Crippen LogP contribution is -2.40. The van der Waals surface area contributed by atoms with Crippen molar-refractivity contribution in [3.8, 4) is 0 Å². The Bertz CT molecular complexity index is 218. The molecule has 3 heteroatoms. The van der Waals surface area contributed by atoms with Crippen LogP contribution in [0.4, 0.5) is 0 Å². The molecule has 0 radical (unpaired) electrons. The van der Waals surface area contributed by atoms with Crippen molar-refractivity contribution in [3.05, 3.63) is 0 Å². The van der Waals surface area contributed by atoms with Gasteiger partial charge in [-0.2, -0.15) is 0 Å². The highest BCUT2D eigenvalue weighted by molar-refractivity contribution is 4.87. The first kappa shape index (κ1) is 13.3. The molecule has 1 saturated carbocycles. The third kappa shape index (κ3) is 3.94. The summed E-state index contributed by atoms with van der Waals surface area (Å²) in [7, 11) is 2.02. The predicted molar refractivity (Wildman–Crippen MR) is 69.1 cm³/mol. The third-order valence-electron chi connectivity index (χ3n) is 4.52. The molecular weight excluding hydrogens is 214 g/mol. The molecule has 0 aromatic rings. The quantitative estimate of drug-likeness (QED) is 0.775. The molecule has 17 heavy (non-hydrogen) atoms. The van der Waals surface area contributed by atoms with E-state index in [1.165, 1.54) is 12.8 Å². The van der Waals surface area contributed by atoms with Crippen LogP contribution in [0.3, 0.4) is 0 Å². The third-order valence-corrected chi connectivity index (χ3v) is 4.52. The minimum Gasteiger partial charge on any atom is -0.390 e. The van der Waals surface area contributed by atoms with Crippen molar-refractivity contribution in [1.82, 2.24) is 5.32 Å². The number of rotatable bonds is 5.